The smallest absolute Gasteiger partial charge is 0.306 e. The van der Waals surface area contributed by atoms with Crippen molar-refractivity contribution in [3.63, 3.8) is 0 Å². The highest BCUT2D eigenvalue weighted by Crippen LogP contribution is 2.38. The van der Waals surface area contributed by atoms with Crippen molar-refractivity contribution in [2.75, 3.05) is 47.5 Å². The number of unbranched alkanes of at least 4 members (excludes halogenated alkanes) is 9. The van der Waals surface area contributed by atoms with Gasteiger partial charge in [-0.25, -0.2) is 0 Å². The van der Waals surface area contributed by atoms with E-state index in [1.54, 1.807) is 0 Å². The van der Waals surface area contributed by atoms with Gasteiger partial charge in [0.2, 0.25) is 0 Å². The lowest BCUT2D eigenvalue weighted by molar-refractivity contribution is -0.870. The molecule has 0 N–H and O–H groups in total. The van der Waals surface area contributed by atoms with Gasteiger partial charge in [0.05, 0.1) is 27.7 Å². The molecule has 10 heteroatoms. The van der Waals surface area contributed by atoms with Gasteiger partial charge in [0, 0.05) is 12.8 Å². The molecule has 0 aliphatic carbocycles. The van der Waals surface area contributed by atoms with Gasteiger partial charge in [-0.2, -0.15) is 0 Å². The van der Waals surface area contributed by atoms with Gasteiger partial charge >= 0.3 is 11.9 Å². The number of esters is 2. The van der Waals surface area contributed by atoms with Crippen molar-refractivity contribution in [1.29, 1.82) is 0 Å². The summed E-state index contributed by atoms with van der Waals surface area (Å²) in [5.41, 5.74) is 0. The molecule has 56 heavy (non-hydrogen) atoms. The number of quaternary nitrogens is 1. The average Bonchev–Trinajstić information content (AvgIpc) is 3.15. The molecule has 0 fully saturated rings. The highest BCUT2D eigenvalue weighted by atomic mass is 31.2. The van der Waals surface area contributed by atoms with Gasteiger partial charge in [-0.05, 0) is 64.2 Å². The standard InChI is InChI=1S/C46H78NO8P/c1-6-8-10-12-14-16-18-20-22-23-25-27-29-31-33-35-37-39-46(49)55-44(43-54-56(50,51)53-41-40-47(3,4)5)42-52-45(48)38-36-34-32-30-28-26-24-21-19-17-15-13-11-9-7-2/h10,12,16,18,22-23,26-29,32-35,44H,6-9,11,13-15,17,19-21,24-25,30-31,36-43H2,1-5H3/b12-10-,18-16-,23-22-,28-26-,29-27-,34-32-,35-33-. The van der Waals surface area contributed by atoms with Gasteiger partial charge in [0.25, 0.3) is 7.82 Å². The van der Waals surface area contributed by atoms with Crippen LogP contribution in [0.5, 0.6) is 0 Å². The molecule has 0 rings (SSSR count). The third kappa shape index (κ3) is 40.8. The summed E-state index contributed by atoms with van der Waals surface area (Å²) in [5, 5.41) is 0. The zero-order valence-electron chi connectivity index (χ0n) is 35.8. The second-order valence-electron chi connectivity index (χ2n) is 15.0. The van der Waals surface area contributed by atoms with Crippen LogP contribution in [-0.4, -0.2) is 70.0 Å². The molecular weight excluding hydrogens is 725 g/mol. The lowest BCUT2D eigenvalue weighted by Gasteiger charge is -2.28. The van der Waals surface area contributed by atoms with Gasteiger partial charge in [-0.15, -0.1) is 0 Å². The van der Waals surface area contributed by atoms with Crippen LogP contribution >= 0.6 is 7.82 Å². The lowest BCUT2D eigenvalue weighted by atomic mass is 10.1. The number of nitrogens with zero attached hydrogens (tertiary/aromatic N) is 1. The summed E-state index contributed by atoms with van der Waals surface area (Å²) >= 11 is 0. The first-order valence-corrected chi connectivity index (χ1v) is 22.8. The molecule has 0 bridgehead atoms. The molecule has 0 saturated heterocycles. The topological polar surface area (TPSA) is 111 Å². The van der Waals surface area contributed by atoms with E-state index >= 15 is 0 Å². The Bertz CT molecular complexity index is 1230. The normalized spacial score (nSPS) is 14.5. The molecule has 0 radical (unpaired) electrons. The van der Waals surface area contributed by atoms with Crippen LogP contribution in [0.25, 0.3) is 0 Å². The van der Waals surface area contributed by atoms with Crippen molar-refractivity contribution in [2.45, 2.75) is 148 Å². The molecular formula is C46H78NO8P. The Hall–Kier alpha value is -2.81. The summed E-state index contributed by atoms with van der Waals surface area (Å²) in [6, 6.07) is 0. The predicted molar refractivity (Wildman–Crippen MR) is 231 cm³/mol. The second-order valence-corrected chi connectivity index (χ2v) is 16.4. The molecule has 0 saturated carbocycles. The van der Waals surface area contributed by atoms with Crippen LogP contribution in [0.4, 0.5) is 0 Å². The minimum atomic E-state index is -4.66. The maximum Gasteiger partial charge on any atom is 0.306 e. The summed E-state index contributed by atoms with van der Waals surface area (Å²) in [6.07, 6.45) is 47.9. The van der Waals surface area contributed by atoms with Crippen LogP contribution in [0.15, 0.2) is 85.1 Å². The van der Waals surface area contributed by atoms with E-state index in [0.717, 1.165) is 44.9 Å². The Balaban J connectivity index is 4.60. The Morgan fingerprint density at radius 1 is 0.554 bits per heavy atom. The first-order valence-electron chi connectivity index (χ1n) is 21.3. The van der Waals surface area contributed by atoms with Gasteiger partial charge < -0.3 is 27.9 Å². The van der Waals surface area contributed by atoms with Gasteiger partial charge in [0.1, 0.15) is 19.8 Å². The van der Waals surface area contributed by atoms with Crippen molar-refractivity contribution >= 4 is 19.8 Å². The third-order valence-electron chi connectivity index (χ3n) is 8.40. The molecule has 0 aliphatic rings. The van der Waals surface area contributed by atoms with Gasteiger partial charge in [-0.1, -0.05) is 150 Å². The largest absolute Gasteiger partial charge is 0.756 e. The van der Waals surface area contributed by atoms with Crippen molar-refractivity contribution in [1.82, 2.24) is 0 Å². The van der Waals surface area contributed by atoms with E-state index in [9.17, 15) is 19.0 Å². The maximum absolute atomic E-state index is 12.6. The molecule has 9 nitrogen and oxygen atoms in total. The van der Waals surface area contributed by atoms with Crippen LogP contribution in [0, 0.1) is 0 Å². The summed E-state index contributed by atoms with van der Waals surface area (Å²) in [5.74, 6) is -1.02. The van der Waals surface area contributed by atoms with E-state index in [0.29, 0.717) is 23.9 Å². The summed E-state index contributed by atoms with van der Waals surface area (Å²) in [7, 11) is 1.08. The number of carbonyl (C=O) groups excluding carboxylic acids is 2. The average molecular weight is 804 g/mol. The van der Waals surface area contributed by atoms with Crippen LogP contribution < -0.4 is 4.89 Å². The number of carbonyl (C=O) groups is 2. The van der Waals surface area contributed by atoms with Crippen LogP contribution in [0.2, 0.25) is 0 Å². The number of ether oxygens (including phenoxy) is 2. The number of rotatable bonds is 37. The van der Waals surface area contributed by atoms with E-state index in [1.165, 1.54) is 57.8 Å². The fourth-order valence-electron chi connectivity index (χ4n) is 5.05. The van der Waals surface area contributed by atoms with E-state index in [1.807, 2.05) is 45.4 Å². The minimum Gasteiger partial charge on any atom is -0.756 e. The van der Waals surface area contributed by atoms with Crippen molar-refractivity contribution < 1.29 is 42.1 Å². The molecule has 0 amide bonds. The Morgan fingerprint density at radius 2 is 1.00 bits per heavy atom. The molecule has 0 aliphatic heterocycles. The number of likely N-dealkylation sites (N-methyl/N-ethyl adjacent to an activating group) is 1. The first-order chi connectivity index (χ1) is 27.0. The second kappa shape index (κ2) is 37.7. The highest BCUT2D eigenvalue weighted by molar-refractivity contribution is 7.45. The fraction of sp³-hybridized carbons (Fsp3) is 0.652. The van der Waals surface area contributed by atoms with Crippen molar-refractivity contribution in [3.05, 3.63) is 85.1 Å². The number of hydrogen-bond acceptors (Lipinski definition) is 8. The highest BCUT2D eigenvalue weighted by Gasteiger charge is 2.21. The van der Waals surface area contributed by atoms with Crippen molar-refractivity contribution in [2.24, 2.45) is 0 Å². The predicted octanol–water partition coefficient (Wildman–Crippen LogP) is 11.4. The first kappa shape index (κ1) is 53.2. The van der Waals surface area contributed by atoms with Crippen molar-refractivity contribution in [3.8, 4) is 0 Å². The zero-order valence-corrected chi connectivity index (χ0v) is 36.7. The summed E-state index contributed by atoms with van der Waals surface area (Å²) < 4.78 is 33.7. The Kier molecular flexibility index (Phi) is 35.9. The van der Waals surface area contributed by atoms with E-state index in [2.05, 4.69) is 74.6 Å². The summed E-state index contributed by atoms with van der Waals surface area (Å²) in [4.78, 5) is 37.4. The minimum absolute atomic E-state index is 0.0560. The lowest BCUT2D eigenvalue weighted by Crippen LogP contribution is -2.37. The molecule has 0 spiro atoms. The number of hydrogen-bond donors (Lipinski definition) is 0. The third-order valence-corrected chi connectivity index (χ3v) is 9.36. The van der Waals surface area contributed by atoms with Crippen LogP contribution in [0.1, 0.15) is 142 Å². The molecule has 0 aromatic carbocycles. The van der Waals surface area contributed by atoms with E-state index < -0.39 is 32.5 Å². The maximum atomic E-state index is 12.6. The molecule has 0 aromatic rings. The zero-order chi connectivity index (χ0) is 41.4. The number of phosphoric acid groups is 1. The number of phosphoric ester groups is 1. The van der Waals surface area contributed by atoms with E-state index in [4.69, 9.17) is 18.5 Å². The molecule has 0 aromatic heterocycles. The fourth-order valence-corrected chi connectivity index (χ4v) is 5.78. The summed E-state index contributed by atoms with van der Waals surface area (Å²) in [6.45, 7) is 3.98. The molecule has 0 heterocycles. The quantitative estimate of drug-likeness (QED) is 0.0201. The van der Waals surface area contributed by atoms with Crippen LogP contribution in [0.3, 0.4) is 0 Å². The monoisotopic (exact) mass is 804 g/mol. The van der Waals surface area contributed by atoms with Crippen LogP contribution in [-0.2, 0) is 32.7 Å². The number of allylic oxidation sites excluding steroid dienone is 14. The Morgan fingerprint density at radius 3 is 1.50 bits per heavy atom. The van der Waals surface area contributed by atoms with Gasteiger partial charge in [-0.3, -0.25) is 14.2 Å². The van der Waals surface area contributed by atoms with E-state index in [-0.39, 0.29) is 26.1 Å². The molecule has 2 unspecified atom stereocenters. The molecule has 2 atom stereocenters. The SMILES string of the molecule is CCC/C=C\C/C=C\C/C=C\C/C=C\C/C=C\CCC(=O)OC(COC(=O)CC/C=C\C/C=C\CCCCCCCCCC)COP(=O)([O-])OCC[N+](C)(C)C. The van der Waals surface area contributed by atoms with Gasteiger partial charge in [0.15, 0.2) is 6.10 Å². The Labute approximate surface area is 341 Å². The molecule has 320 valence electrons.